The molecule has 0 unspecified atom stereocenters. The molecule has 0 fully saturated rings. The van der Waals surface area contributed by atoms with Gasteiger partial charge in [-0.3, -0.25) is 4.99 Å². The first-order valence-electron chi connectivity index (χ1n) is 4.76. The molecule has 0 radical (unpaired) electrons. The van der Waals surface area contributed by atoms with E-state index >= 15 is 0 Å². The maximum absolute atomic E-state index is 5.67. The Bertz CT molecular complexity index is 260. The van der Waals surface area contributed by atoms with Crippen molar-refractivity contribution in [3.63, 3.8) is 0 Å². The third-order valence-electron chi connectivity index (χ3n) is 2.23. The average molecular weight is 195 g/mol. The lowest BCUT2D eigenvalue weighted by Crippen LogP contribution is -2.26. The predicted molar refractivity (Wildman–Crippen MR) is 62.8 cm³/mol. The molecule has 0 bridgehead atoms. The molecule has 0 aromatic carbocycles. The third kappa shape index (κ3) is 3.34. The SMILES string of the molecule is C=C/N=C(\C(C)=C(/C)N(C)N)C(C)C. The number of hydrogen-bond donors (Lipinski definition) is 1. The van der Waals surface area contributed by atoms with Gasteiger partial charge in [0.05, 0.1) is 0 Å². The number of nitrogens with zero attached hydrogens (tertiary/aromatic N) is 2. The third-order valence-corrected chi connectivity index (χ3v) is 2.23. The molecule has 0 saturated carbocycles. The van der Waals surface area contributed by atoms with Crippen LogP contribution < -0.4 is 5.84 Å². The first-order chi connectivity index (χ1) is 6.41. The predicted octanol–water partition coefficient (Wildman–Crippen LogP) is 2.33. The molecule has 0 aliphatic carbocycles. The van der Waals surface area contributed by atoms with Crippen molar-refractivity contribution in [2.24, 2.45) is 16.8 Å². The summed E-state index contributed by atoms with van der Waals surface area (Å²) < 4.78 is 0. The minimum Gasteiger partial charge on any atom is -0.318 e. The van der Waals surface area contributed by atoms with Gasteiger partial charge in [-0.25, -0.2) is 5.84 Å². The van der Waals surface area contributed by atoms with Crippen LogP contribution in [0.5, 0.6) is 0 Å². The van der Waals surface area contributed by atoms with E-state index < -0.39 is 0 Å². The molecule has 2 N–H and O–H groups in total. The second-order valence-electron chi connectivity index (χ2n) is 3.67. The molecule has 0 heterocycles. The highest BCUT2D eigenvalue weighted by Gasteiger charge is 2.10. The highest BCUT2D eigenvalue weighted by atomic mass is 15.4. The van der Waals surface area contributed by atoms with Crippen LogP contribution in [0, 0.1) is 5.92 Å². The van der Waals surface area contributed by atoms with Gasteiger partial charge in [0.1, 0.15) is 0 Å². The fraction of sp³-hybridized carbons (Fsp3) is 0.545. The van der Waals surface area contributed by atoms with Crippen LogP contribution in [0.25, 0.3) is 0 Å². The molecule has 3 nitrogen and oxygen atoms in total. The molecular weight excluding hydrogens is 174 g/mol. The normalized spacial score (nSPS) is 14.1. The van der Waals surface area contributed by atoms with E-state index in [1.165, 1.54) is 0 Å². The molecule has 0 saturated heterocycles. The molecule has 0 aliphatic heterocycles. The Morgan fingerprint density at radius 2 is 1.93 bits per heavy atom. The van der Waals surface area contributed by atoms with Gasteiger partial charge >= 0.3 is 0 Å². The second-order valence-corrected chi connectivity index (χ2v) is 3.67. The standard InChI is InChI=1S/C11H21N3/c1-7-13-11(8(2)3)9(4)10(5)14(6)12/h7-8H,1,12H2,2-6H3/b10-9+,13-11-. The van der Waals surface area contributed by atoms with Crippen molar-refractivity contribution in [1.82, 2.24) is 5.01 Å². The van der Waals surface area contributed by atoms with Crippen molar-refractivity contribution < 1.29 is 0 Å². The van der Waals surface area contributed by atoms with Crippen molar-refractivity contribution in [1.29, 1.82) is 0 Å². The van der Waals surface area contributed by atoms with Crippen LogP contribution in [0.15, 0.2) is 29.0 Å². The van der Waals surface area contributed by atoms with Crippen molar-refractivity contribution in [2.45, 2.75) is 27.7 Å². The molecule has 0 aromatic heterocycles. The quantitative estimate of drug-likeness (QED) is 0.425. The van der Waals surface area contributed by atoms with E-state index in [1.54, 1.807) is 11.2 Å². The van der Waals surface area contributed by atoms with Crippen molar-refractivity contribution >= 4 is 5.71 Å². The summed E-state index contributed by atoms with van der Waals surface area (Å²) in [4.78, 5) is 4.27. The molecule has 80 valence electrons. The topological polar surface area (TPSA) is 41.6 Å². The highest BCUT2D eigenvalue weighted by Crippen LogP contribution is 2.13. The number of hydrazine groups is 1. The minimum atomic E-state index is 0.378. The zero-order valence-electron chi connectivity index (χ0n) is 9.83. The Balaban J connectivity index is 5.14. The Morgan fingerprint density at radius 1 is 1.43 bits per heavy atom. The van der Waals surface area contributed by atoms with Gasteiger partial charge in [0.25, 0.3) is 0 Å². The Kier molecular flexibility index (Phi) is 5.16. The number of hydrogen-bond acceptors (Lipinski definition) is 3. The Labute approximate surface area is 87.0 Å². The molecule has 0 amide bonds. The number of aliphatic imine (C=N–C) groups is 1. The fourth-order valence-corrected chi connectivity index (χ4v) is 1.23. The molecule has 0 aliphatic rings. The second kappa shape index (κ2) is 5.60. The highest BCUT2D eigenvalue weighted by molar-refractivity contribution is 6.01. The Hall–Kier alpha value is -1.09. The summed E-state index contributed by atoms with van der Waals surface area (Å²) in [6.45, 7) is 11.8. The first kappa shape index (κ1) is 12.9. The average Bonchev–Trinajstić information content (AvgIpc) is 2.11. The smallest absolute Gasteiger partial charge is 0.0475 e. The van der Waals surface area contributed by atoms with Gasteiger partial charge < -0.3 is 5.01 Å². The van der Waals surface area contributed by atoms with Gasteiger partial charge in [-0.1, -0.05) is 20.4 Å². The van der Waals surface area contributed by atoms with Gasteiger partial charge in [0.15, 0.2) is 0 Å². The monoisotopic (exact) mass is 195 g/mol. The summed E-state index contributed by atoms with van der Waals surface area (Å²) in [5, 5.41) is 1.61. The maximum atomic E-state index is 5.67. The van der Waals surface area contributed by atoms with E-state index in [0.717, 1.165) is 17.0 Å². The summed E-state index contributed by atoms with van der Waals surface area (Å²) >= 11 is 0. The number of allylic oxidation sites excluding steroid dienone is 2. The maximum Gasteiger partial charge on any atom is 0.0475 e. The van der Waals surface area contributed by atoms with E-state index in [-0.39, 0.29) is 0 Å². The molecule has 0 atom stereocenters. The molecule has 0 aromatic rings. The zero-order chi connectivity index (χ0) is 11.3. The van der Waals surface area contributed by atoms with Gasteiger partial charge in [0, 0.05) is 24.7 Å². The lowest BCUT2D eigenvalue weighted by Gasteiger charge is -2.18. The van der Waals surface area contributed by atoms with Gasteiger partial charge in [-0.05, 0) is 25.3 Å². The van der Waals surface area contributed by atoms with Crippen LogP contribution in [0.3, 0.4) is 0 Å². The van der Waals surface area contributed by atoms with E-state index in [2.05, 4.69) is 25.4 Å². The summed E-state index contributed by atoms with van der Waals surface area (Å²) in [7, 11) is 1.82. The van der Waals surface area contributed by atoms with E-state index in [0.29, 0.717) is 5.92 Å². The Morgan fingerprint density at radius 3 is 2.21 bits per heavy atom. The summed E-state index contributed by atoms with van der Waals surface area (Å²) in [5.41, 5.74) is 3.18. The van der Waals surface area contributed by atoms with Crippen molar-refractivity contribution in [3.05, 3.63) is 24.0 Å². The largest absolute Gasteiger partial charge is 0.318 e. The van der Waals surface area contributed by atoms with Crippen molar-refractivity contribution in [2.75, 3.05) is 7.05 Å². The van der Waals surface area contributed by atoms with Crippen LogP contribution in [0.2, 0.25) is 0 Å². The van der Waals surface area contributed by atoms with Gasteiger partial charge in [-0.2, -0.15) is 0 Å². The van der Waals surface area contributed by atoms with E-state index in [9.17, 15) is 0 Å². The fourth-order valence-electron chi connectivity index (χ4n) is 1.23. The van der Waals surface area contributed by atoms with E-state index in [4.69, 9.17) is 5.84 Å². The van der Waals surface area contributed by atoms with Gasteiger partial charge in [0.2, 0.25) is 0 Å². The van der Waals surface area contributed by atoms with Gasteiger partial charge in [-0.15, -0.1) is 0 Å². The van der Waals surface area contributed by atoms with E-state index in [1.807, 2.05) is 20.9 Å². The van der Waals surface area contributed by atoms with Crippen LogP contribution in [-0.2, 0) is 0 Å². The number of nitrogens with two attached hydrogens (primary N) is 1. The minimum absolute atomic E-state index is 0.378. The summed E-state index contributed by atoms with van der Waals surface area (Å²) in [5.74, 6) is 6.04. The molecular formula is C11H21N3. The molecule has 14 heavy (non-hydrogen) atoms. The summed E-state index contributed by atoms with van der Waals surface area (Å²) in [6, 6.07) is 0. The molecule has 3 heteroatoms. The van der Waals surface area contributed by atoms with Crippen LogP contribution in [0.4, 0.5) is 0 Å². The van der Waals surface area contributed by atoms with Crippen molar-refractivity contribution in [3.8, 4) is 0 Å². The van der Waals surface area contributed by atoms with Crippen LogP contribution in [0.1, 0.15) is 27.7 Å². The molecule has 0 rings (SSSR count). The summed E-state index contributed by atoms with van der Waals surface area (Å²) in [6.07, 6.45) is 1.57. The molecule has 0 spiro atoms. The first-order valence-corrected chi connectivity index (χ1v) is 4.76. The zero-order valence-corrected chi connectivity index (χ0v) is 9.83. The lowest BCUT2D eigenvalue weighted by molar-refractivity contribution is 0.438. The lowest BCUT2D eigenvalue weighted by atomic mass is 9.99. The number of rotatable bonds is 4. The van der Waals surface area contributed by atoms with Crippen LogP contribution in [-0.4, -0.2) is 17.8 Å². The van der Waals surface area contributed by atoms with Crippen LogP contribution >= 0.6 is 0 Å².